The lowest BCUT2D eigenvalue weighted by molar-refractivity contribution is -0.281. The highest BCUT2D eigenvalue weighted by Crippen LogP contribution is 2.02. The molecular weight excluding hydrogens is 170 g/mol. The molecule has 2 aromatic rings. The maximum atomic E-state index is 11.1. The number of aromatic nitrogens is 3. The zero-order chi connectivity index (χ0) is 9.26. The van der Waals surface area contributed by atoms with E-state index in [4.69, 9.17) is 0 Å². The number of H-pyrrole nitrogens is 1. The standard InChI is InChI=1S/C8H7N3O2/c12-7-9-8(13)11(10-7)6-4-2-1-3-5-6/h1-5H,(H2,9,10,12,13)/p-1. The Morgan fingerprint density at radius 3 is 2.54 bits per heavy atom. The molecule has 0 amide bonds. The van der Waals surface area contributed by atoms with Crippen LogP contribution in [0.4, 0.5) is 0 Å². The second kappa shape index (κ2) is 2.78. The van der Waals surface area contributed by atoms with E-state index in [9.17, 15) is 9.90 Å². The molecule has 13 heavy (non-hydrogen) atoms. The normalized spacial score (nSPS) is 10.2. The van der Waals surface area contributed by atoms with Crippen LogP contribution in [-0.4, -0.2) is 14.8 Å². The van der Waals surface area contributed by atoms with E-state index in [0.29, 0.717) is 5.69 Å². The van der Waals surface area contributed by atoms with Crippen molar-refractivity contribution in [2.75, 3.05) is 0 Å². The monoisotopic (exact) mass is 176 g/mol. The second-order valence-corrected chi connectivity index (χ2v) is 2.48. The van der Waals surface area contributed by atoms with Crippen LogP contribution < -0.4 is 10.8 Å². The molecular formula is C8H6N3O2-. The van der Waals surface area contributed by atoms with Gasteiger partial charge < -0.3 is 10.1 Å². The highest BCUT2D eigenvalue weighted by atomic mass is 16.3. The first-order chi connectivity index (χ1) is 6.27. The van der Waals surface area contributed by atoms with E-state index < -0.39 is 11.7 Å². The third-order valence-corrected chi connectivity index (χ3v) is 1.60. The topological polar surface area (TPSA) is 73.7 Å². The highest BCUT2D eigenvalue weighted by Gasteiger charge is 1.99. The Bertz CT molecular complexity index is 458. The van der Waals surface area contributed by atoms with Crippen molar-refractivity contribution >= 4 is 0 Å². The van der Waals surface area contributed by atoms with Gasteiger partial charge in [0.2, 0.25) is 0 Å². The third-order valence-electron chi connectivity index (χ3n) is 1.60. The average Bonchev–Trinajstić information content (AvgIpc) is 2.47. The summed E-state index contributed by atoms with van der Waals surface area (Å²) in [6.45, 7) is 0. The van der Waals surface area contributed by atoms with Crippen LogP contribution in [0.25, 0.3) is 5.69 Å². The Morgan fingerprint density at radius 1 is 1.31 bits per heavy atom. The lowest BCUT2D eigenvalue weighted by Crippen LogP contribution is -2.15. The number of rotatable bonds is 1. The largest absolute Gasteiger partial charge is 0.844 e. The van der Waals surface area contributed by atoms with Crippen molar-refractivity contribution in [3.8, 4) is 11.7 Å². The molecule has 0 aliphatic carbocycles. The van der Waals surface area contributed by atoms with Gasteiger partial charge in [0.15, 0.2) is 0 Å². The molecule has 1 heterocycles. The third kappa shape index (κ3) is 1.31. The van der Waals surface area contributed by atoms with Crippen molar-refractivity contribution in [2.24, 2.45) is 0 Å². The van der Waals surface area contributed by atoms with Crippen LogP contribution in [0.3, 0.4) is 0 Å². The Morgan fingerprint density at radius 2 is 2.00 bits per heavy atom. The summed E-state index contributed by atoms with van der Waals surface area (Å²) in [7, 11) is 0. The van der Waals surface area contributed by atoms with Crippen LogP contribution >= 0.6 is 0 Å². The van der Waals surface area contributed by atoms with Crippen LogP contribution in [0.2, 0.25) is 0 Å². The Hall–Kier alpha value is -2.04. The maximum Gasteiger partial charge on any atom is 0.347 e. The Labute approximate surface area is 73.3 Å². The predicted molar refractivity (Wildman–Crippen MR) is 43.6 cm³/mol. The van der Waals surface area contributed by atoms with E-state index in [1.165, 1.54) is 0 Å². The van der Waals surface area contributed by atoms with Gasteiger partial charge in [0, 0.05) is 0 Å². The number of aromatic amines is 1. The molecule has 0 radical (unpaired) electrons. The number of para-hydroxylation sites is 1. The SMILES string of the molecule is O=c1[nH]c([O-])nn1-c1ccccc1. The molecule has 0 fully saturated rings. The quantitative estimate of drug-likeness (QED) is 0.644. The van der Waals surface area contributed by atoms with Crippen molar-refractivity contribution in [1.29, 1.82) is 0 Å². The maximum absolute atomic E-state index is 11.1. The lowest BCUT2D eigenvalue weighted by atomic mass is 10.3. The molecule has 66 valence electrons. The number of hydrogen-bond acceptors (Lipinski definition) is 3. The first-order valence-corrected chi connectivity index (χ1v) is 3.69. The lowest BCUT2D eigenvalue weighted by Gasteiger charge is -1.97. The van der Waals surface area contributed by atoms with E-state index in [0.717, 1.165) is 4.68 Å². The molecule has 0 aliphatic heterocycles. The second-order valence-electron chi connectivity index (χ2n) is 2.48. The molecule has 5 heteroatoms. The molecule has 0 aliphatic rings. The van der Waals surface area contributed by atoms with Gasteiger partial charge in [-0.2, -0.15) is 9.78 Å². The van der Waals surface area contributed by atoms with E-state index in [1.807, 2.05) is 11.1 Å². The summed E-state index contributed by atoms with van der Waals surface area (Å²) in [6, 6.07) is 8.11. The number of nitrogens with zero attached hydrogens (tertiary/aromatic N) is 2. The zero-order valence-corrected chi connectivity index (χ0v) is 6.60. The summed E-state index contributed by atoms with van der Waals surface area (Å²) in [5.41, 5.74) is 0.0575. The van der Waals surface area contributed by atoms with E-state index in [-0.39, 0.29) is 0 Å². The smallest absolute Gasteiger partial charge is 0.347 e. The van der Waals surface area contributed by atoms with Crippen LogP contribution in [0.15, 0.2) is 35.1 Å². The minimum atomic E-state index is -0.631. The minimum Gasteiger partial charge on any atom is -0.844 e. The Balaban J connectivity index is 2.59. The highest BCUT2D eigenvalue weighted by molar-refractivity contribution is 5.29. The van der Waals surface area contributed by atoms with Crippen LogP contribution in [0.1, 0.15) is 0 Å². The van der Waals surface area contributed by atoms with Gasteiger partial charge in [-0.05, 0) is 12.1 Å². The summed E-state index contributed by atoms with van der Waals surface area (Å²) >= 11 is 0. The van der Waals surface area contributed by atoms with Gasteiger partial charge in [-0.25, -0.2) is 4.79 Å². The van der Waals surface area contributed by atoms with E-state index >= 15 is 0 Å². The van der Waals surface area contributed by atoms with Gasteiger partial charge in [-0.1, -0.05) is 18.2 Å². The van der Waals surface area contributed by atoms with E-state index in [1.54, 1.807) is 24.3 Å². The molecule has 0 bridgehead atoms. The summed E-state index contributed by atoms with van der Waals surface area (Å²) in [6.07, 6.45) is 0. The molecule has 1 aromatic heterocycles. The minimum absolute atomic E-state index is 0.517. The number of hydrogen-bond donors (Lipinski definition) is 1. The van der Waals surface area contributed by atoms with Gasteiger partial charge in [-0.15, -0.1) is 0 Å². The average molecular weight is 176 g/mol. The van der Waals surface area contributed by atoms with Crippen molar-refractivity contribution < 1.29 is 5.11 Å². The first kappa shape index (κ1) is 7.60. The summed E-state index contributed by atoms with van der Waals surface area (Å²) in [5, 5.41) is 14.2. The molecule has 2 rings (SSSR count). The molecule has 1 N–H and O–H groups in total. The first-order valence-electron chi connectivity index (χ1n) is 3.69. The zero-order valence-electron chi connectivity index (χ0n) is 6.60. The summed E-state index contributed by atoms with van der Waals surface area (Å²) in [5.74, 6) is 0. The fraction of sp³-hybridized carbons (Fsp3) is 0. The van der Waals surface area contributed by atoms with Crippen LogP contribution in [0, 0.1) is 0 Å². The van der Waals surface area contributed by atoms with Gasteiger partial charge in [0.25, 0.3) is 0 Å². The molecule has 0 unspecified atom stereocenters. The van der Waals surface area contributed by atoms with Crippen molar-refractivity contribution in [3.05, 3.63) is 40.8 Å². The van der Waals surface area contributed by atoms with Crippen LogP contribution in [0.5, 0.6) is 6.01 Å². The van der Waals surface area contributed by atoms with Crippen molar-refractivity contribution in [1.82, 2.24) is 14.8 Å². The fourth-order valence-corrected chi connectivity index (χ4v) is 1.05. The number of nitrogens with one attached hydrogen (secondary N) is 1. The van der Waals surface area contributed by atoms with Gasteiger partial charge in [-0.3, -0.25) is 0 Å². The van der Waals surface area contributed by atoms with Crippen LogP contribution in [-0.2, 0) is 0 Å². The Kier molecular flexibility index (Phi) is 1.63. The molecule has 1 aromatic carbocycles. The predicted octanol–water partition coefficient (Wildman–Crippen LogP) is -0.366. The van der Waals surface area contributed by atoms with Crippen molar-refractivity contribution in [2.45, 2.75) is 0 Å². The van der Waals surface area contributed by atoms with Gasteiger partial charge in [0.1, 0.15) is 0 Å². The molecule has 0 atom stereocenters. The summed E-state index contributed by atoms with van der Waals surface area (Å²) in [4.78, 5) is 13.1. The molecule has 5 nitrogen and oxygen atoms in total. The molecule has 0 saturated heterocycles. The number of benzene rings is 1. The summed E-state index contributed by atoms with van der Waals surface area (Å²) < 4.78 is 1.03. The van der Waals surface area contributed by atoms with Crippen molar-refractivity contribution in [3.63, 3.8) is 0 Å². The van der Waals surface area contributed by atoms with Gasteiger partial charge in [0.05, 0.1) is 11.7 Å². The van der Waals surface area contributed by atoms with Gasteiger partial charge >= 0.3 is 5.69 Å². The van der Waals surface area contributed by atoms with E-state index in [2.05, 4.69) is 5.10 Å². The fourth-order valence-electron chi connectivity index (χ4n) is 1.05. The molecule has 0 spiro atoms. The molecule has 0 saturated carbocycles.